The molecule has 0 aliphatic carbocycles. The van der Waals surface area contributed by atoms with Gasteiger partial charge in [-0.3, -0.25) is 5.32 Å². The lowest BCUT2D eigenvalue weighted by Crippen LogP contribution is -2.11. The summed E-state index contributed by atoms with van der Waals surface area (Å²) in [6.45, 7) is 4.65. The van der Waals surface area contributed by atoms with E-state index in [0.717, 1.165) is 0 Å². The second-order valence-electron chi connectivity index (χ2n) is 3.27. The van der Waals surface area contributed by atoms with Crippen LogP contribution >= 0.6 is 11.6 Å². The predicted octanol–water partition coefficient (Wildman–Crippen LogP) is 3.32. The zero-order valence-corrected chi connectivity index (χ0v) is 11.3. The van der Waals surface area contributed by atoms with Crippen molar-refractivity contribution in [2.75, 3.05) is 25.6 Å². The van der Waals surface area contributed by atoms with Gasteiger partial charge in [-0.15, -0.1) is 0 Å². The summed E-state index contributed by atoms with van der Waals surface area (Å²) in [4.78, 5) is 11.1. The van der Waals surface area contributed by atoms with Crippen molar-refractivity contribution < 1.29 is 19.0 Å². The number of ether oxygens (including phenoxy) is 3. The zero-order chi connectivity index (χ0) is 13.5. The summed E-state index contributed by atoms with van der Waals surface area (Å²) in [5.41, 5.74) is 0.485. The molecular weight excluding hydrogens is 258 g/mol. The summed E-state index contributed by atoms with van der Waals surface area (Å²) in [6, 6.07) is 3.21. The van der Waals surface area contributed by atoms with Gasteiger partial charge in [-0.05, 0) is 19.9 Å². The molecule has 6 heteroatoms. The lowest BCUT2D eigenvalue weighted by Gasteiger charge is -2.14. The molecule has 0 unspecified atom stereocenters. The van der Waals surface area contributed by atoms with E-state index in [1.807, 2.05) is 13.8 Å². The molecule has 1 aromatic rings. The van der Waals surface area contributed by atoms with Crippen molar-refractivity contribution in [2.24, 2.45) is 0 Å². The lowest BCUT2D eigenvalue weighted by atomic mass is 10.2. The second kappa shape index (κ2) is 6.96. The molecule has 0 spiro atoms. The Hall–Kier alpha value is -1.62. The topological polar surface area (TPSA) is 56.8 Å². The number of halogens is 1. The van der Waals surface area contributed by atoms with Gasteiger partial charge in [0.2, 0.25) is 0 Å². The summed E-state index contributed by atoms with van der Waals surface area (Å²) in [5, 5.41) is 2.89. The molecule has 0 aliphatic heterocycles. The van der Waals surface area contributed by atoms with Crippen LogP contribution in [0.25, 0.3) is 0 Å². The van der Waals surface area contributed by atoms with Crippen LogP contribution in [0.2, 0.25) is 5.02 Å². The van der Waals surface area contributed by atoms with E-state index in [0.29, 0.717) is 35.4 Å². The Balaban J connectivity index is 3.05. The average molecular weight is 274 g/mol. The summed E-state index contributed by atoms with van der Waals surface area (Å²) in [7, 11) is 1.29. The summed E-state index contributed by atoms with van der Waals surface area (Å²) in [6.07, 6.45) is -0.572. The highest BCUT2D eigenvalue weighted by Crippen LogP contribution is 2.38. The SMILES string of the molecule is CCOc1cc(NC(=O)OC)cc(Cl)c1OCC. The summed E-state index contributed by atoms with van der Waals surface area (Å²) >= 11 is 6.08. The van der Waals surface area contributed by atoms with E-state index >= 15 is 0 Å². The minimum Gasteiger partial charge on any atom is -0.490 e. The van der Waals surface area contributed by atoms with Gasteiger partial charge in [-0.2, -0.15) is 0 Å². The highest BCUT2D eigenvalue weighted by atomic mass is 35.5. The second-order valence-corrected chi connectivity index (χ2v) is 3.68. The largest absolute Gasteiger partial charge is 0.490 e. The molecule has 0 saturated carbocycles. The quantitative estimate of drug-likeness (QED) is 0.894. The van der Waals surface area contributed by atoms with Gasteiger partial charge in [0.1, 0.15) is 0 Å². The third-order valence-corrected chi connectivity index (χ3v) is 2.31. The number of hydrogen-bond acceptors (Lipinski definition) is 4. The van der Waals surface area contributed by atoms with Gasteiger partial charge in [0.05, 0.1) is 25.3 Å². The van der Waals surface area contributed by atoms with Gasteiger partial charge in [0, 0.05) is 11.8 Å². The lowest BCUT2D eigenvalue weighted by molar-refractivity contribution is 0.187. The monoisotopic (exact) mass is 273 g/mol. The van der Waals surface area contributed by atoms with Gasteiger partial charge >= 0.3 is 6.09 Å². The molecule has 1 aromatic carbocycles. The molecule has 18 heavy (non-hydrogen) atoms. The van der Waals surface area contributed by atoms with Crippen molar-refractivity contribution in [2.45, 2.75) is 13.8 Å². The molecule has 0 bridgehead atoms. The molecule has 0 heterocycles. The fourth-order valence-corrected chi connectivity index (χ4v) is 1.62. The predicted molar refractivity (Wildman–Crippen MR) is 69.8 cm³/mol. The maximum atomic E-state index is 11.1. The Kier molecular flexibility index (Phi) is 5.58. The maximum Gasteiger partial charge on any atom is 0.411 e. The Bertz CT molecular complexity index is 423. The number of carbonyl (C=O) groups excluding carboxylic acids is 1. The van der Waals surface area contributed by atoms with Gasteiger partial charge in [0.25, 0.3) is 0 Å². The minimum absolute atomic E-state index is 0.370. The van der Waals surface area contributed by atoms with Crippen LogP contribution in [-0.4, -0.2) is 26.4 Å². The highest BCUT2D eigenvalue weighted by molar-refractivity contribution is 6.32. The molecule has 1 amide bonds. The van der Waals surface area contributed by atoms with Crippen LogP contribution in [0.4, 0.5) is 10.5 Å². The summed E-state index contributed by atoms with van der Waals surface area (Å²) in [5.74, 6) is 0.953. The molecule has 100 valence electrons. The first-order chi connectivity index (χ1) is 8.62. The number of anilines is 1. The van der Waals surface area contributed by atoms with E-state index in [-0.39, 0.29) is 0 Å². The average Bonchev–Trinajstić information content (AvgIpc) is 2.34. The third kappa shape index (κ3) is 3.70. The van der Waals surface area contributed by atoms with Crippen molar-refractivity contribution >= 4 is 23.4 Å². The van der Waals surface area contributed by atoms with Gasteiger partial charge < -0.3 is 14.2 Å². The van der Waals surface area contributed by atoms with Crippen molar-refractivity contribution in [1.82, 2.24) is 0 Å². The molecule has 0 atom stereocenters. The van der Waals surface area contributed by atoms with Gasteiger partial charge in [0.15, 0.2) is 11.5 Å². The molecule has 1 N–H and O–H groups in total. The first-order valence-corrected chi connectivity index (χ1v) is 5.94. The summed E-state index contributed by atoms with van der Waals surface area (Å²) < 4.78 is 15.3. The van der Waals surface area contributed by atoms with Crippen molar-refractivity contribution in [3.63, 3.8) is 0 Å². The minimum atomic E-state index is -0.572. The van der Waals surface area contributed by atoms with Crippen molar-refractivity contribution in [1.29, 1.82) is 0 Å². The number of benzene rings is 1. The Morgan fingerprint density at radius 2 is 1.94 bits per heavy atom. The Labute approximate surface area is 111 Å². The first kappa shape index (κ1) is 14.4. The number of rotatable bonds is 5. The van der Waals surface area contributed by atoms with E-state index in [9.17, 15) is 4.79 Å². The Morgan fingerprint density at radius 1 is 1.28 bits per heavy atom. The van der Waals surface area contributed by atoms with Gasteiger partial charge in [-0.1, -0.05) is 11.6 Å². The van der Waals surface area contributed by atoms with Crippen LogP contribution in [0.15, 0.2) is 12.1 Å². The number of carbonyl (C=O) groups is 1. The molecule has 0 saturated heterocycles. The molecule has 0 fully saturated rings. The standard InChI is InChI=1S/C12H16ClNO4/c1-4-17-10-7-8(14-12(15)16-3)6-9(13)11(10)18-5-2/h6-7H,4-5H2,1-3H3,(H,14,15). The van der Waals surface area contributed by atoms with E-state index < -0.39 is 6.09 Å². The normalized spacial score (nSPS) is 9.78. The van der Waals surface area contributed by atoms with E-state index in [1.165, 1.54) is 7.11 Å². The smallest absolute Gasteiger partial charge is 0.411 e. The molecule has 0 aromatic heterocycles. The molecule has 0 radical (unpaired) electrons. The molecule has 0 aliphatic rings. The van der Waals surface area contributed by atoms with Crippen molar-refractivity contribution in [3.05, 3.63) is 17.2 Å². The number of hydrogen-bond donors (Lipinski definition) is 1. The molecular formula is C12H16ClNO4. The fourth-order valence-electron chi connectivity index (χ4n) is 1.36. The van der Waals surface area contributed by atoms with Crippen LogP contribution < -0.4 is 14.8 Å². The van der Waals surface area contributed by atoms with Crippen LogP contribution in [0.3, 0.4) is 0 Å². The van der Waals surface area contributed by atoms with E-state index in [2.05, 4.69) is 10.1 Å². The Morgan fingerprint density at radius 3 is 2.50 bits per heavy atom. The van der Waals surface area contributed by atoms with E-state index in [1.54, 1.807) is 12.1 Å². The van der Waals surface area contributed by atoms with Crippen molar-refractivity contribution in [3.8, 4) is 11.5 Å². The van der Waals surface area contributed by atoms with E-state index in [4.69, 9.17) is 21.1 Å². The number of amides is 1. The first-order valence-electron chi connectivity index (χ1n) is 5.56. The number of nitrogens with one attached hydrogen (secondary N) is 1. The van der Waals surface area contributed by atoms with Gasteiger partial charge in [-0.25, -0.2) is 4.79 Å². The number of methoxy groups -OCH3 is 1. The molecule has 1 rings (SSSR count). The third-order valence-electron chi connectivity index (χ3n) is 2.03. The zero-order valence-electron chi connectivity index (χ0n) is 10.6. The highest BCUT2D eigenvalue weighted by Gasteiger charge is 2.13. The van der Waals surface area contributed by atoms with Crippen LogP contribution in [-0.2, 0) is 4.74 Å². The molecule has 5 nitrogen and oxygen atoms in total. The van der Waals surface area contributed by atoms with Crippen LogP contribution in [0.5, 0.6) is 11.5 Å². The van der Waals surface area contributed by atoms with Crippen LogP contribution in [0.1, 0.15) is 13.8 Å². The maximum absolute atomic E-state index is 11.1. The fraction of sp³-hybridized carbons (Fsp3) is 0.417. The van der Waals surface area contributed by atoms with Crippen LogP contribution in [0, 0.1) is 0 Å².